The van der Waals surface area contributed by atoms with Crippen LogP contribution in [0.3, 0.4) is 0 Å². The molecule has 10 rings (SSSR count). The Kier molecular flexibility index (Phi) is 16.9. The van der Waals surface area contributed by atoms with Crippen molar-refractivity contribution >= 4 is 35.8 Å². The number of benzene rings is 3. The Labute approximate surface area is 457 Å². The largest absolute Gasteiger partial charge is 0.514 e. The Balaban J connectivity index is 1.24. The van der Waals surface area contributed by atoms with E-state index in [0.717, 1.165) is 73.6 Å². The SMILES string of the molecule is CCCCCCCC(=O)Oc1c(C)c2c(c3c1[C@H]1SC[C@]4(NCCc5cc(OC(=O)OC(C)(C)C)c(OC)cc54)C(=O)OC[C@H]3N3C1[C@H]1c4c(cc(C)c(OC)c4OC(=O)CCCCCCC)C[C@H]([C@@H]3C#N)N1C)OCO2. The molecule has 0 aliphatic carbocycles. The monoisotopic (exact) mass is 1080 g/mol. The summed E-state index contributed by atoms with van der Waals surface area (Å²) in [5, 5.41) is 14.5. The van der Waals surface area contributed by atoms with Crippen molar-refractivity contribution in [3.8, 4) is 46.3 Å². The van der Waals surface area contributed by atoms with Gasteiger partial charge in [0.25, 0.3) is 0 Å². The van der Waals surface area contributed by atoms with Crippen molar-refractivity contribution in [3.63, 3.8) is 0 Å². The highest BCUT2D eigenvalue weighted by atomic mass is 32.2. The molecule has 7 atom stereocenters. The van der Waals surface area contributed by atoms with Crippen molar-refractivity contribution in [2.75, 3.05) is 47.0 Å². The molecule has 1 unspecified atom stereocenters. The second-order valence-corrected chi connectivity index (χ2v) is 23.4. The summed E-state index contributed by atoms with van der Waals surface area (Å²) in [5.74, 6) is 1.17. The first kappa shape index (κ1) is 56.0. The van der Waals surface area contributed by atoms with Crippen molar-refractivity contribution in [2.45, 2.75) is 185 Å². The van der Waals surface area contributed by atoms with Gasteiger partial charge in [0, 0.05) is 59.5 Å². The van der Waals surface area contributed by atoms with Crippen LogP contribution in [0.15, 0.2) is 18.2 Å². The van der Waals surface area contributed by atoms with Gasteiger partial charge in [-0.15, -0.1) is 11.8 Å². The number of unbranched alkanes of at least 4 members (excludes halogenated alkanes) is 8. The lowest BCUT2D eigenvalue weighted by Gasteiger charge is -2.62. The van der Waals surface area contributed by atoms with Gasteiger partial charge < -0.3 is 42.6 Å². The molecular formula is C59H76N4O13S. The third-order valence-corrected chi connectivity index (χ3v) is 17.6. The van der Waals surface area contributed by atoms with Gasteiger partial charge in [0.15, 0.2) is 40.0 Å². The number of aryl methyl sites for hydroxylation is 1. The maximum Gasteiger partial charge on any atom is 0.514 e. The van der Waals surface area contributed by atoms with Crippen LogP contribution in [0.4, 0.5) is 4.79 Å². The van der Waals surface area contributed by atoms with Gasteiger partial charge in [-0.3, -0.25) is 24.7 Å². The van der Waals surface area contributed by atoms with Gasteiger partial charge in [0.2, 0.25) is 6.79 Å². The normalized spacial score (nSPS) is 24.1. The smallest absolute Gasteiger partial charge is 0.493 e. The zero-order chi connectivity index (χ0) is 54.9. The highest BCUT2D eigenvalue weighted by molar-refractivity contribution is 7.99. The van der Waals surface area contributed by atoms with Crippen molar-refractivity contribution in [1.29, 1.82) is 5.26 Å². The molecule has 7 heterocycles. The number of fused-ring (bicyclic) bond motifs is 9. The van der Waals surface area contributed by atoms with Crippen LogP contribution in [-0.2, 0) is 42.2 Å². The summed E-state index contributed by atoms with van der Waals surface area (Å²) < 4.78 is 55.9. The molecule has 0 saturated carbocycles. The van der Waals surface area contributed by atoms with Crippen LogP contribution >= 0.6 is 11.8 Å². The number of hydrogen-bond donors (Lipinski definition) is 1. The summed E-state index contributed by atoms with van der Waals surface area (Å²) >= 11 is 1.49. The average molecular weight is 1080 g/mol. The molecule has 0 amide bonds. The first-order valence-corrected chi connectivity index (χ1v) is 28.7. The van der Waals surface area contributed by atoms with E-state index in [1.165, 1.54) is 18.9 Å². The average Bonchev–Trinajstić information content (AvgIpc) is 4.07. The van der Waals surface area contributed by atoms with Crippen molar-refractivity contribution in [1.82, 2.24) is 15.1 Å². The molecular weight excluding hydrogens is 1000 g/mol. The third kappa shape index (κ3) is 10.7. The predicted octanol–water partition coefficient (Wildman–Crippen LogP) is 10.5. The molecule has 1 N–H and O–H groups in total. The molecule has 416 valence electrons. The van der Waals surface area contributed by atoms with Crippen LogP contribution < -0.4 is 38.5 Å². The van der Waals surface area contributed by atoms with E-state index in [1.54, 1.807) is 40.0 Å². The maximum absolute atomic E-state index is 15.4. The Hall–Kier alpha value is -5.74. The number of thioether (sulfide) groups is 1. The fourth-order valence-electron chi connectivity index (χ4n) is 12.6. The summed E-state index contributed by atoms with van der Waals surface area (Å²) in [6, 6.07) is 5.15. The molecule has 2 fully saturated rings. The summed E-state index contributed by atoms with van der Waals surface area (Å²) in [6.07, 6.45) is 10.0. The molecule has 77 heavy (non-hydrogen) atoms. The van der Waals surface area contributed by atoms with Crippen LogP contribution in [0.1, 0.15) is 174 Å². The molecule has 1 spiro atoms. The number of rotatable bonds is 17. The Bertz CT molecular complexity index is 2810. The standard InChI is InChI=1S/C59H76N4O13S/c1-11-13-15-17-19-21-43(64)74-51-34(4)52-53(72-32-71-52)46-40-30-70-56(66)59(37-28-41(68-9)42(27-35(37)23-24-61-59)73-57(67)76-58(5,6)7)31-77-55(47(46)51)49-48-45-36(26-38(62(48)8)39(29-60)63(40)49)25-33(3)50(69-10)54(45)75-44(65)22-20-18-16-14-12-2/h25,27-28,38-40,48-49,55,61H,11-24,26,30-32H2,1-10H3/t38-,39+,40-,48-,49?,55-,59-/m1/s1. The van der Waals surface area contributed by atoms with Gasteiger partial charge in [0.05, 0.1) is 37.6 Å². The first-order chi connectivity index (χ1) is 37.0. The molecule has 4 bridgehead atoms. The molecule has 18 heteroatoms. The van der Waals surface area contributed by atoms with Crippen molar-refractivity contribution in [2.24, 2.45) is 0 Å². The number of ether oxygens (including phenoxy) is 9. The summed E-state index contributed by atoms with van der Waals surface area (Å²) in [6.45, 7) is 13.4. The second-order valence-electron chi connectivity index (χ2n) is 22.3. The zero-order valence-corrected chi connectivity index (χ0v) is 47.3. The van der Waals surface area contributed by atoms with Crippen LogP contribution in [0.2, 0.25) is 0 Å². The Morgan fingerprint density at radius 1 is 0.818 bits per heavy atom. The number of likely N-dealkylation sites (N-methyl/N-ethyl adjacent to an activating group) is 1. The quantitative estimate of drug-likeness (QED) is 0.0580. The van der Waals surface area contributed by atoms with Gasteiger partial charge in [-0.2, -0.15) is 5.26 Å². The number of nitrogens with zero attached hydrogens (tertiary/aromatic N) is 3. The van der Waals surface area contributed by atoms with Gasteiger partial charge in [-0.1, -0.05) is 71.3 Å². The van der Waals surface area contributed by atoms with Crippen LogP contribution in [0, 0.1) is 25.2 Å². The first-order valence-electron chi connectivity index (χ1n) is 27.6. The minimum atomic E-state index is -1.49. The molecule has 3 aromatic rings. The van der Waals surface area contributed by atoms with E-state index in [2.05, 4.69) is 41.1 Å². The van der Waals surface area contributed by atoms with E-state index >= 15 is 4.79 Å². The summed E-state index contributed by atoms with van der Waals surface area (Å²) in [7, 11) is 5.08. The van der Waals surface area contributed by atoms with E-state index in [0.29, 0.717) is 83.2 Å². The number of nitrogens with one attached hydrogen (secondary N) is 1. The molecule has 0 aromatic heterocycles. The molecule has 17 nitrogen and oxygen atoms in total. The lowest BCUT2D eigenvalue weighted by atomic mass is 9.71. The highest BCUT2D eigenvalue weighted by Gasteiger charge is 2.62. The fraction of sp³-hybridized carbons (Fsp3) is 0.610. The Morgan fingerprint density at radius 2 is 1.49 bits per heavy atom. The van der Waals surface area contributed by atoms with Gasteiger partial charge in [-0.25, -0.2) is 9.59 Å². The van der Waals surface area contributed by atoms with Crippen LogP contribution in [0.25, 0.3) is 0 Å². The van der Waals surface area contributed by atoms with Gasteiger partial charge >= 0.3 is 24.1 Å². The number of nitriles is 1. The number of methoxy groups -OCH3 is 2. The van der Waals surface area contributed by atoms with E-state index in [1.807, 2.05) is 20.9 Å². The number of hydrogen-bond acceptors (Lipinski definition) is 18. The topological polar surface area (TPSA) is 194 Å². The van der Waals surface area contributed by atoms with Gasteiger partial charge in [-0.05, 0) is 102 Å². The predicted molar refractivity (Wildman–Crippen MR) is 288 cm³/mol. The number of esters is 3. The summed E-state index contributed by atoms with van der Waals surface area (Å²) in [5.41, 5.74) is 3.46. The molecule has 2 saturated heterocycles. The fourth-order valence-corrected chi connectivity index (χ4v) is 14.3. The van der Waals surface area contributed by atoms with Crippen LogP contribution in [0.5, 0.6) is 40.2 Å². The van der Waals surface area contributed by atoms with Gasteiger partial charge in [0.1, 0.15) is 24.0 Å². The minimum absolute atomic E-state index is 0.0761. The highest BCUT2D eigenvalue weighted by Crippen LogP contribution is 2.65. The van der Waals surface area contributed by atoms with Crippen LogP contribution in [-0.4, -0.2) is 105 Å². The maximum atomic E-state index is 15.4. The Morgan fingerprint density at radius 3 is 2.14 bits per heavy atom. The number of carbonyl (C=O) groups is 4. The van der Waals surface area contributed by atoms with E-state index < -0.39 is 52.7 Å². The third-order valence-electron chi connectivity index (χ3n) is 16.1. The minimum Gasteiger partial charge on any atom is -0.493 e. The molecule has 0 radical (unpaired) electrons. The van der Waals surface area contributed by atoms with E-state index in [9.17, 15) is 19.6 Å². The lowest BCUT2D eigenvalue weighted by molar-refractivity contribution is -0.157. The number of piperazine rings is 1. The number of carbonyl (C=O) groups excluding carboxylic acids is 4. The zero-order valence-electron chi connectivity index (χ0n) is 46.5. The van der Waals surface area contributed by atoms with E-state index in [4.69, 9.17) is 42.6 Å². The molecule has 7 aliphatic heterocycles. The van der Waals surface area contributed by atoms with Crippen molar-refractivity contribution < 1.29 is 61.8 Å². The summed E-state index contributed by atoms with van der Waals surface area (Å²) in [4.78, 5) is 61.3. The molecule has 3 aromatic carbocycles. The lowest BCUT2D eigenvalue weighted by Crippen LogP contribution is -2.69. The van der Waals surface area contributed by atoms with Crippen molar-refractivity contribution in [3.05, 3.63) is 62.7 Å². The van der Waals surface area contributed by atoms with E-state index in [-0.39, 0.29) is 61.5 Å². The molecule has 7 aliphatic rings. The second kappa shape index (κ2) is 23.3.